The second-order valence-electron chi connectivity index (χ2n) is 37.6. The zero-order valence-corrected chi connectivity index (χ0v) is 72.1. The summed E-state index contributed by atoms with van der Waals surface area (Å²) < 4.78 is 41.7. The van der Waals surface area contributed by atoms with Gasteiger partial charge in [-0.2, -0.15) is 0 Å². The first kappa shape index (κ1) is 85.0. The van der Waals surface area contributed by atoms with Crippen molar-refractivity contribution in [1.29, 1.82) is 0 Å². The first-order valence-electron chi connectivity index (χ1n) is 38.5. The molecule has 578 valence electrons. The Bertz CT molecular complexity index is 4280. The van der Waals surface area contributed by atoms with E-state index in [4.69, 9.17) is 28.4 Å². The van der Waals surface area contributed by atoms with Gasteiger partial charge in [0.05, 0.1) is 11.1 Å². The zero-order valence-electron chi connectivity index (χ0n) is 70.5. The van der Waals surface area contributed by atoms with Crippen LogP contribution >= 0.6 is 23.5 Å². The quantitative estimate of drug-likeness (QED) is 0.0543. The Hall–Kier alpha value is -9.06. The molecule has 9 aromatic rings. The van der Waals surface area contributed by atoms with Crippen LogP contribution in [0.4, 0.5) is 0 Å². The Morgan fingerprint density at radius 3 is 0.655 bits per heavy atom. The van der Waals surface area contributed by atoms with E-state index in [9.17, 15) is 9.59 Å². The van der Waals surface area contributed by atoms with E-state index < -0.39 is 0 Å². The predicted molar refractivity (Wildman–Crippen MR) is 459 cm³/mol. The summed E-state index contributed by atoms with van der Waals surface area (Å²) in [6, 6.07) is 58.6. The van der Waals surface area contributed by atoms with Crippen LogP contribution in [0.1, 0.15) is 280 Å². The molecule has 0 aliphatic carbocycles. The SMILES string of the molecule is CC(=O)Sc1ccc(C#Cc2cc(OCc3cc(OCc4cc(C(C)(C)C)cc(C(C)(C)C)c4)cc(OCc4cc(C(C)(C)C)cc(C(C)(C)C)c4)c3)c(C#Cc3ccc(SC(C)=O)cc3)cc2OCc2cc(OCc3cc(C(C)(C)C)cc(C(C)(C)C)c3)cc(OCc3cc(C(C)(C)C)cc(C(C)(C)C)c3)c2)cc1. The summed E-state index contributed by atoms with van der Waals surface area (Å²) >= 11 is 2.35. The molecule has 9 aromatic carbocycles. The lowest BCUT2D eigenvalue weighted by atomic mass is 9.79. The van der Waals surface area contributed by atoms with E-state index in [1.807, 2.05) is 97.1 Å². The molecule has 0 aliphatic rings. The second kappa shape index (κ2) is 34.3. The molecule has 0 aliphatic heterocycles. The molecule has 0 spiro atoms. The van der Waals surface area contributed by atoms with E-state index in [0.717, 1.165) is 54.3 Å². The van der Waals surface area contributed by atoms with Crippen LogP contribution in [0.5, 0.6) is 34.5 Å². The van der Waals surface area contributed by atoms with Gasteiger partial charge in [-0.15, -0.1) is 0 Å². The zero-order chi connectivity index (χ0) is 80.7. The largest absolute Gasteiger partial charge is 0.489 e. The highest BCUT2D eigenvalue weighted by Gasteiger charge is 2.27. The minimum absolute atomic E-state index is 0.00143. The average molecular weight is 1510 g/mol. The van der Waals surface area contributed by atoms with E-state index in [-0.39, 0.29) is 66.8 Å². The first-order chi connectivity index (χ1) is 51.0. The summed E-state index contributed by atoms with van der Waals surface area (Å²) in [6.07, 6.45) is 0. The van der Waals surface area contributed by atoms with Crippen molar-refractivity contribution < 1.29 is 38.0 Å². The van der Waals surface area contributed by atoms with Crippen molar-refractivity contribution >= 4 is 33.8 Å². The Morgan fingerprint density at radius 2 is 0.455 bits per heavy atom. The van der Waals surface area contributed by atoms with E-state index in [2.05, 4.69) is 263 Å². The number of benzene rings is 9. The monoisotopic (exact) mass is 1510 g/mol. The maximum Gasteiger partial charge on any atom is 0.190 e. The number of carbonyl (C=O) groups is 2. The molecule has 10 heteroatoms. The van der Waals surface area contributed by atoms with Crippen LogP contribution in [0.2, 0.25) is 0 Å². The highest BCUT2D eigenvalue weighted by Crippen LogP contribution is 2.39. The summed E-state index contributed by atoms with van der Waals surface area (Å²) in [5, 5.41) is -0.00285. The van der Waals surface area contributed by atoms with Gasteiger partial charge in [-0.05, 0) is 194 Å². The van der Waals surface area contributed by atoms with Crippen molar-refractivity contribution in [3.05, 3.63) is 270 Å². The molecule has 9 rings (SSSR count). The fourth-order valence-corrected chi connectivity index (χ4v) is 13.3. The molecule has 0 fully saturated rings. The molecule has 0 N–H and O–H groups in total. The number of carbonyl (C=O) groups excluding carboxylic acids is 2. The molecule has 0 heterocycles. The fraction of sp³-hybridized carbons (Fsp3) is 0.400. The van der Waals surface area contributed by atoms with Gasteiger partial charge in [0.2, 0.25) is 0 Å². The predicted octanol–water partition coefficient (Wildman–Crippen LogP) is 25.6. The summed E-state index contributed by atoms with van der Waals surface area (Å²) in [5.41, 5.74) is 17.8. The third-order valence-electron chi connectivity index (χ3n) is 19.2. The summed E-state index contributed by atoms with van der Waals surface area (Å²) in [5.74, 6) is 17.2. The van der Waals surface area contributed by atoms with Gasteiger partial charge in [0.1, 0.15) is 74.1 Å². The molecular formula is C100H118O8S2. The van der Waals surface area contributed by atoms with Gasteiger partial charge >= 0.3 is 0 Å². The van der Waals surface area contributed by atoms with Gasteiger partial charge in [0.25, 0.3) is 0 Å². The van der Waals surface area contributed by atoms with Crippen LogP contribution in [0.3, 0.4) is 0 Å². The highest BCUT2D eigenvalue weighted by atomic mass is 32.2. The molecule has 0 aromatic heterocycles. The normalized spacial score (nSPS) is 12.3. The molecule has 0 saturated heterocycles. The molecular weight excluding hydrogens is 1390 g/mol. The molecule has 0 radical (unpaired) electrons. The summed E-state index contributed by atoms with van der Waals surface area (Å²) in [6.45, 7) is 58.6. The van der Waals surface area contributed by atoms with E-state index in [0.29, 0.717) is 72.1 Å². The van der Waals surface area contributed by atoms with Crippen molar-refractivity contribution in [3.63, 3.8) is 0 Å². The molecule has 0 bridgehead atoms. The van der Waals surface area contributed by atoms with Crippen LogP contribution in [0, 0.1) is 23.7 Å². The second-order valence-corrected chi connectivity index (χ2v) is 40.1. The lowest BCUT2D eigenvalue weighted by molar-refractivity contribution is -0.109. The molecule has 0 saturated carbocycles. The molecule has 0 amide bonds. The third-order valence-corrected chi connectivity index (χ3v) is 20.8. The van der Waals surface area contributed by atoms with Crippen molar-refractivity contribution in [2.45, 2.75) is 273 Å². The number of thioether (sulfide) groups is 2. The Balaban J connectivity index is 1.16. The van der Waals surface area contributed by atoms with Gasteiger partial charge in [-0.1, -0.05) is 286 Å². The van der Waals surface area contributed by atoms with Crippen LogP contribution < -0.4 is 28.4 Å². The first-order valence-corrected chi connectivity index (χ1v) is 40.1. The standard InChI is InChI=1S/C100H118O8S2/c1-65(101)109-89-35-29-67(30-36-89)27-33-75-51-92(108-64-74-49-87(105-61-71-43-81(97(15,16)17)55-82(44-71)98(18,19)20)58-88(50-74)106-62-72-45-83(99(21,22)23)56-84(46-72)100(24,25)26)76(34-28-68-31-37-90(38-32-68)110-66(2)102)52-91(75)107-63-73-47-85(103-59-69-39-77(93(3,4)5)53-78(40-69)94(6,7)8)57-86(48-73)104-60-70-41-79(95(9,10)11)54-80(42-70)96(12,13)14/h29-32,35-58H,59-64H2,1-26H3. The maximum absolute atomic E-state index is 12.2. The Labute approximate surface area is 668 Å². The van der Waals surface area contributed by atoms with Crippen LogP contribution in [-0.4, -0.2) is 10.2 Å². The van der Waals surface area contributed by atoms with Crippen molar-refractivity contribution in [3.8, 4) is 58.2 Å². The smallest absolute Gasteiger partial charge is 0.190 e. The van der Waals surface area contributed by atoms with Gasteiger partial charge < -0.3 is 28.4 Å². The summed E-state index contributed by atoms with van der Waals surface area (Å²) in [7, 11) is 0. The van der Waals surface area contributed by atoms with Gasteiger partial charge in [-0.3, -0.25) is 9.59 Å². The Kier molecular flexibility index (Phi) is 26.5. The van der Waals surface area contributed by atoms with Crippen LogP contribution in [0.15, 0.2) is 180 Å². The minimum atomic E-state index is -0.0810. The average Bonchev–Trinajstić information content (AvgIpc) is 0.825. The third kappa shape index (κ3) is 25.0. The molecule has 110 heavy (non-hydrogen) atoms. The lowest BCUT2D eigenvalue weighted by Gasteiger charge is -2.26. The van der Waals surface area contributed by atoms with Crippen LogP contribution in [-0.2, 0) is 92.6 Å². The minimum Gasteiger partial charge on any atom is -0.489 e. The fourth-order valence-electron chi connectivity index (χ4n) is 12.1. The van der Waals surface area contributed by atoms with Crippen molar-refractivity contribution in [2.75, 3.05) is 0 Å². The van der Waals surface area contributed by atoms with E-state index in [1.54, 1.807) is 13.8 Å². The van der Waals surface area contributed by atoms with Gasteiger partial charge in [0.15, 0.2) is 10.2 Å². The number of ether oxygens (including phenoxy) is 6. The molecule has 8 nitrogen and oxygen atoms in total. The highest BCUT2D eigenvalue weighted by molar-refractivity contribution is 8.13. The molecule has 0 unspecified atom stereocenters. The van der Waals surface area contributed by atoms with E-state index in [1.165, 1.54) is 68.0 Å². The maximum atomic E-state index is 12.2. The van der Waals surface area contributed by atoms with Crippen molar-refractivity contribution in [2.24, 2.45) is 0 Å². The molecule has 0 atom stereocenters. The van der Waals surface area contributed by atoms with Gasteiger partial charge in [-0.25, -0.2) is 0 Å². The van der Waals surface area contributed by atoms with E-state index >= 15 is 0 Å². The summed E-state index contributed by atoms with van der Waals surface area (Å²) in [4.78, 5) is 26.0. The number of rotatable bonds is 20. The van der Waals surface area contributed by atoms with Crippen molar-refractivity contribution in [1.82, 2.24) is 0 Å². The van der Waals surface area contributed by atoms with Gasteiger partial charge in [0, 0.05) is 59.0 Å². The number of hydrogen-bond acceptors (Lipinski definition) is 10. The lowest BCUT2D eigenvalue weighted by Crippen LogP contribution is -2.17. The topological polar surface area (TPSA) is 89.5 Å². The Morgan fingerprint density at radius 1 is 0.255 bits per heavy atom. The number of hydrogen-bond donors (Lipinski definition) is 0. The van der Waals surface area contributed by atoms with Crippen LogP contribution in [0.25, 0.3) is 0 Å².